The minimum atomic E-state index is 0.0419. The second-order valence-electron chi connectivity index (χ2n) is 6.29. The average molecular weight is 228 g/mol. The number of aliphatic hydroxyl groups is 1. The number of rotatable bonds is 5. The van der Waals surface area contributed by atoms with Crippen LogP contribution in [-0.4, -0.2) is 60.8 Å². The second kappa shape index (κ2) is 5.99. The molecule has 0 radical (unpaired) electrons. The first-order valence-corrected chi connectivity index (χ1v) is 6.48. The predicted octanol–water partition coefficient (Wildman–Crippen LogP) is 1.28. The van der Waals surface area contributed by atoms with Crippen molar-refractivity contribution in [1.82, 2.24) is 9.80 Å². The maximum absolute atomic E-state index is 9.26. The first-order chi connectivity index (χ1) is 7.43. The highest BCUT2D eigenvalue weighted by molar-refractivity contribution is 4.78. The van der Waals surface area contributed by atoms with Gasteiger partial charge in [-0.15, -0.1) is 0 Å². The molecule has 1 N–H and O–H groups in total. The van der Waals surface area contributed by atoms with Crippen molar-refractivity contribution in [1.29, 1.82) is 0 Å². The third kappa shape index (κ3) is 4.81. The zero-order valence-corrected chi connectivity index (χ0v) is 11.4. The van der Waals surface area contributed by atoms with E-state index in [1.54, 1.807) is 0 Å². The Kier molecular flexibility index (Phi) is 5.22. The van der Waals surface area contributed by atoms with Gasteiger partial charge in [-0.25, -0.2) is 0 Å². The topological polar surface area (TPSA) is 26.7 Å². The molecule has 0 aliphatic carbocycles. The van der Waals surface area contributed by atoms with Crippen LogP contribution in [0.15, 0.2) is 0 Å². The number of nitrogens with zero attached hydrogens (tertiary/aromatic N) is 2. The van der Waals surface area contributed by atoms with Crippen molar-refractivity contribution in [2.45, 2.75) is 27.7 Å². The van der Waals surface area contributed by atoms with Gasteiger partial charge in [0.15, 0.2) is 0 Å². The van der Waals surface area contributed by atoms with Crippen molar-refractivity contribution < 1.29 is 5.11 Å². The van der Waals surface area contributed by atoms with Gasteiger partial charge in [0.05, 0.1) is 0 Å². The van der Waals surface area contributed by atoms with Crippen molar-refractivity contribution in [3.05, 3.63) is 0 Å². The molecule has 1 heterocycles. The molecule has 0 aromatic rings. The second-order valence-corrected chi connectivity index (χ2v) is 6.29. The van der Waals surface area contributed by atoms with Crippen LogP contribution < -0.4 is 0 Å². The largest absolute Gasteiger partial charge is 0.396 e. The summed E-state index contributed by atoms with van der Waals surface area (Å²) in [5.74, 6) is 0.764. The minimum Gasteiger partial charge on any atom is -0.396 e. The Hall–Kier alpha value is -0.120. The Morgan fingerprint density at radius 2 is 1.56 bits per heavy atom. The summed E-state index contributed by atoms with van der Waals surface area (Å²) in [7, 11) is 0. The van der Waals surface area contributed by atoms with Crippen molar-refractivity contribution in [3.63, 3.8) is 0 Å². The van der Waals surface area contributed by atoms with Crippen LogP contribution in [0.2, 0.25) is 0 Å². The van der Waals surface area contributed by atoms with Crippen molar-refractivity contribution >= 4 is 0 Å². The van der Waals surface area contributed by atoms with Crippen molar-refractivity contribution in [2.75, 3.05) is 45.9 Å². The maximum Gasteiger partial charge on any atom is 0.0494 e. The van der Waals surface area contributed by atoms with Crippen LogP contribution >= 0.6 is 0 Å². The van der Waals surface area contributed by atoms with Crippen LogP contribution in [0.1, 0.15) is 27.7 Å². The van der Waals surface area contributed by atoms with Gasteiger partial charge in [0.1, 0.15) is 0 Å². The predicted molar refractivity (Wildman–Crippen MR) is 68.6 cm³/mol. The van der Waals surface area contributed by atoms with Gasteiger partial charge < -0.3 is 14.9 Å². The molecule has 3 nitrogen and oxygen atoms in total. The van der Waals surface area contributed by atoms with Crippen LogP contribution in [0, 0.1) is 11.3 Å². The molecule has 1 fully saturated rings. The van der Waals surface area contributed by atoms with E-state index in [-0.39, 0.29) is 12.0 Å². The van der Waals surface area contributed by atoms with E-state index in [1.807, 2.05) is 0 Å². The highest BCUT2D eigenvalue weighted by Crippen LogP contribution is 2.17. The third-order valence-corrected chi connectivity index (χ3v) is 3.17. The van der Waals surface area contributed by atoms with Gasteiger partial charge in [-0.3, -0.25) is 0 Å². The summed E-state index contributed by atoms with van der Waals surface area (Å²) in [5.41, 5.74) is 0.0419. The van der Waals surface area contributed by atoms with Crippen LogP contribution in [-0.2, 0) is 0 Å². The fraction of sp³-hybridized carbons (Fsp3) is 1.00. The van der Waals surface area contributed by atoms with Crippen LogP contribution in [0.3, 0.4) is 0 Å². The molecule has 96 valence electrons. The van der Waals surface area contributed by atoms with E-state index in [0.29, 0.717) is 0 Å². The molecule has 0 amide bonds. The molecular formula is C13H28N2O. The quantitative estimate of drug-likeness (QED) is 0.768. The first-order valence-electron chi connectivity index (χ1n) is 6.48. The van der Waals surface area contributed by atoms with Gasteiger partial charge in [0.2, 0.25) is 0 Å². The molecule has 1 rings (SSSR count). The third-order valence-electron chi connectivity index (χ3n) is 3.17. The first kappa shape index (κ1) is 13.9. The van der Waals surface area contributed by atoms with Crippen LogP contribution in [0.25, 0.3) is 0 Å². The smallest absolute Gasteiger partial charge is 0.0494 e. The lowest BCUT2D eigenvalue weighted by atomic mass is 9.94. The highest BCUT2D eigenvalue weighted by Gasteiger charge is 2.24. The molecule has 1 saturated heterocycles. The zero-order chi connectivity index (χ0) is 12.2. The fourth-order valence-electron chi connectivity index (χ4n) is 2.30. The lowest BCUT2D eigenvalue weighted by molar-refractivity contribution is 0.0628. The lowest BCUT2D eigenvalue weighted by Gasteiger charge is -2.38. The average Bonchev–Trinajstić information content (AvgIpc) is 2.20. The van der Waals surface area contributed by atoms with E-state index < -0.39 is 0 Å². The molecule has 0 aromatic carbocycles. The van der Waals surface area contributed by atoms with Gasteiger partial charge >= 0.3 is 0 Å². The summed E-state index contributed by atoms with van der Waals surface area (Å²) in [6, 6.07) is 0. The van der Waals surface area contributed by atoms with Crippen LogP contribution in [0.4, 0.5) is 0 Å². The molecule has 3 heteroatoms. The van der Waals surface area contributed by atoms with Gasteiger partial charge in [-0.1, -0.05) is 27.7 Å². The van der Waals surface area contributed by atoms with Gasteiger partial charge in [-0.05, 0) is 5.92 Å². The van der Waals surface area contributed by atoms with E-state index in [9.17, 15) is 5.11 Å². The van der Waals surface area contributed by atoms with Gasteiger partial charge in [0.25, 0.3) is 0 Å². The molecule has 0 atom stereocenters. The molecular weight excluding hydrogens is 200 g/mol. The van der Waals surface area contributed by atoms with E-state index in [1.165, 1.54) is 19.6 Å². The molecule has 0 unspecified atom stereocenters. The lowest BCUT2D eigenvalue weighted by Crippen LogP contribution is -2.50. The van der Waals surface area contributed by atoms with Gasteiger partial charge in [-0.2, -0.15) is 0 Å². The molecule has 0 spiro atoms. The van der Waals surface area contributed by atoms with Crippen LogP contribution in [0.5, 0.6) is 0 Å². The zero-order valence-electron chi connectivity index (χ0n) is 11.4. The monoisotopic (exact) mass is 228 g/mol. The standard InChI is InChI=1S/C13H28N2O/c1-12(2)9-14-5-7-15(8-6-14)10-13(3,4)11-16/h12,16H,5-11H2,1-4H3. The summed E-state index contributed by atoms with van der Waals surface area (Å²) < 4.78 is 0. The Balaban J connectivity index is 2.27. The number of hydrogen-bond donors (Lipinski definition) is 1. The summed E-state index contributed by atoms with van der Waals surface area (Å²) in [6.07, 6.45) is 0. The summed E-state index contributed by atoms with van der Waals surface area (Å²) in [6.45, 7) is 16.0. The Morgan fingerprint density at radius 3 is 2.00 bits per heavy atom. The molecule has 1 aliphatic rings. The molecule has 0 aromatic heterocycles. The number of hydrogen-bond acceptors (Lipinski definition) is 3. The SMILES string of the molecule is CC(C)CN1CCN(CC(C)(C)CO)CC1. The normalized spacial score (nSPS) is 20.6. The van der Waals surface area contributed by atoms with Gasteiger partial charge in [0, 0.05) is 51.3 Å². The maximum atomic E-state index is 9.26. The number of piperazine rings is 1. The minimum absolute atomic E-state index is 0.0419. The highest BCUT2D eigenvalue weighted by atomic mass is 16.3. The summed E-state index contributed by atoms with van der Waals surface area (Å²) in [4.78, 5) is 5.03. The summed E-state index contributed by atoms with van der Waals surface area (Å²) in [5, 5.41) is 9.26. The fourth-order valence-corrected chi connectivity index (χ4v) is 2.30. The van der Waals surface area contributed by atoms with Crippen molar-refractivity contribution in [3.8, 4) is 0 Å². The van der Waals surface area contributed by atoms with E-state index in [0.717, 1.165) is 25.6 Å². The molecule has 0 bridgehead atoms. The van der Waals surface area contributed by atoms with E-state index in [4.69, 9.17) is 0 Å². The molecule has 1 aliphatic heterocycles. The molecule has 0 saturated carbocycles. The Bertz CT molecular complexity index is 196. The number of aliphatic hydroxyl groups excluding tert-OH is 1. The Labute approximate surface area is 100 Å². The van der Waals surface area contributed by atoms with E-state index in [2.05, 4.69) is 37.5 Å². The van der Waals surface area contributed by atoms with E-state index >= 15 is 0 Å². The summed E-state index contributed by atoms with van der Waals surface area (Å²) >= 11 is 0. The Morgan fingerprint density at radius 1 is 1.06 bits per heavy atom. The van der Waals surface area contributed by atoms with Crippen molar-refractivity contribution in [2.24, 2.45) is 11.3 Å². The molecule has 16 heavy (non-hydrogen) atoms.